The molecule has 176 valence electrons. The third-order valence-corrected chi connectivity index (χ3v) is 6.88. The lowest BCUT2D eigenvalue weighted by atomic mass is 10.1. The van der Waals surface area contributed by atoms with Crippen molar-refractivity contribution in [3.05, 3.63) is 64.4 Å². The maximum atomic E-state index is 13.5. The molecule has 0 saturated carbocycles. The highest BCUT2D eigenvalue weighted by molar-refractivity contribution is 7.99. The zero-order valence-electron chi connectivity index (χ0n) is 18.1. The Morgan fingerprint density at radius 2 is 1.82 bits per heavy atom. The van der Waals surface area contributed by atoms with Crippen LogP contribution in [0.2, 0.25) is 0 Å². The monoisotopic (exact) mass is 486 g/mol. The van der Waals surface area contributed by atoms with Crippen molar-refractivity contribution in [2.24, 2.45) is 0 Å². The number of alkyl halides is 3. The molecule has 0 atom stereocenters. The highest BCUT2D eigenvalue weighted by Crippen LogP contribution is 2.32. The second kappa shape index (κ2) is 8.83. The maximum absolute atomic E-state index is 13.5. The largest absolute Gasteiger partial charge is 0.416 e. The van der Waals surface area contributed by atoms with Crippen molar-refractivity contribution < 1.29 is 18.0 Å². The molecule has 1 aliphatic heterocycles. The topological polar surface area (TPSA) is 71.0 Å². The van der Waals surface area contributed by atoms with Crippen LogP contribution >= 0.6 is 11.8 Å². The Hall–Kier alpha value is -3.27. The van der Waals surface area contributed by atoms with Crippen LogP contribution in [0.25, 0.3) is 27.6 Å². The number of likely N-dealkylation sites (tertiary alicyclic amines) is 1. The Kier molecular flexibility index (Phi) is 5.85. The van der Waals surface area contributed by atoms with Crippen LogP contribution in [0.4, 0.5) is 13.2 Å². The number of carbonyl (C=O) groups is 1. The summed E-state index contributed by atoms with van der Waals surface area (Å²) >= 11 is 1.06. The Bertz CT molecular complexity index is 1440. The van der Waals surface area contributed by atoms with Gasteiger partial charge in [0, 0.05) is 24.0 Å². The first-order valence-corrected chi connectivity index (χ1v) is 11.9. The number of hydrogen-bond donors (Lipinski definition) is 1. The van der Waals surface area contributed by atoms with Crippen molar-refractivity contribution in [2.45, 2.75) is 30.6 Å². The molecule has 2 aromatic heterocycles. The summed E-state index contributed by atoms with van der Waals surface area (Å²) in [6.45, 7) is 1.38. The number of nitrogens with one attached hydrogen (secondary N) is 1. The Labute approximate surface area is 196 Å². The van der Waals surface area contributed by atoms with Crippen molar-refractivity contribution in [1.82, 2.24) is 19.4 Å². The van der Waals surface area contributed by atoms with Gasteiger partial charge in [-0.3, -0.25) is 14.2 Å². The summed E-state index contributed by atoms with van der Waals surface area (Å²) in [5.41, 5.74) is -0.0189. The second-order valence-corrected chi connectivity index (χ2v) is 9.15. The number of rotatable bonds is 4. The molecule has 1 aliphatic rings. The molecule has 5 rings (SSSR count). The van der Waals surface area contributed by atoms with Crippen molar-refractivity contribution >= 4 is 39.6 Å². The molecular formula is C24H21F3N4O2S. The standard InChI is InChI=1S/C24H21F3N4O2S/c25-24(26,27)15-7-6-8-16(13-15)31-22(33)21-20(17-9-2-3-10-18(17)28-21)29-23(31)34-14-19(32)30-11-4-1-5-12-30/h2-3,6-10,13,28H,1,4-5,11-12,14H2. The number of fused-ring (bicyclic) bond motifs is 3. The van der Waals surface area contributed by atoms with E-state index >= 15 is 0 Å². The first-order chi connectivity index (χ1) is 16.3. The molecule has 1 N–H and O–H groups in total. The number of H-pyrrole nitrogens is 1. The molecule has 6 nitrogen and oxygen atoms in total. The molecule has 0 bridgehead atoms. The van der Waals surface area contributed by atoms with Crippen LogP contribution in [-0.2, 0) is 11.0 Å². The summed E-state index contributed by atoms with van der Waals surface area (Å²) in [6, 6.07) is 11.8. The lowest BCUT2D eigenvalue weighted by Crippen LogP contribution is -2.36. The maximum Gasteiger partial charge on any atom is 0.416 e. The minimum atomic E-state index is -4.56. The molecule has 1 saturated heterocycles. The zero-order chi connectivity index (χ0) is 23.9. The molecule has 0 radical (unpaired) electrons. The van der Waals surface area contributed by atoms with Crippen molar-refractivity contribution in [1.29, 1.82) is 0 Å². The summed E-state index contributed by atoms with van der Waals surface area (Å²) in [5, 5.41) is 0.905. The van der Waals surface area contributed by atoms with Crippen LogP contribution in [0.1, 0.15) is 24.8 Å². The van der Waals surface area contributed by atoms with Crippen molar-refractivity contribution in [2.75, 3.05) is 18.8 Å². The van der Waals surface area contributed by atoms with Crippen LogP contribution in [0, 0.1) is 0 Å². The van der Waals surface area contributed by atoms with Crippen molar-refractivity contribution in [3.63, 3.8) is 0 Å². The first-order valence-electron chi connectivity index (χ1n) is 10.9. The van der Waals surface area contributed by atoms with Gasteiger partial charge in [-0.15, -0.1) is 0 Å². The SMILES string of the molecule is O=C(CSc1nc2c([nH]c3ccccc32)c(=O)n1-c1cccc(C(F)(F)F)c1)N1CCCCC1. The summed E-state index contributed by atoms with van der Waals surface area (Å²) in [7, 11) is 0. The number of piperidine rings is 1. The Morgan fingerprint density at radius 1 is 1.06 bits per heavy atom. The highest BCUT2D eigenvalue weighted by atomic mass is 32.2. The van der Waals surface area contributed by atoms with Gasteiger partial charge in [0.1, 0.15) is 11.0 Å². The Morgan fingerprint density at radius 3 is 2.59 bits per heavy atom. The predicted octanol–water partition coefficient (Wildman–Crippen LogP) is 4.99. The molecule has 3 heterocycles. The molecule has 0 spiro atoms. The molecule has 34 heavy (non-hydrogen) atoms. The number of hydrogen-bond acceptors (Lipinski definition) is 4. The molecule has 0 aliphatic carbocycles. The summed E-state index contributed by atoms with van der Waals surface area (Å²) in [6.07, 6.45) is -1.57. The van der Waals surface area contributed by atoms with Gasteiger partial charge in [-0.05, 0) is 43.5 Å². The van der Waals surface area contributed by atoms with E-state index in [0.717, 1.165) is 53.1 Å². The van der Waals surface area contributed by atoms with Crippen LogP contribution in [0.15, 0.2) is 58.5 Å². The minimum Gasteiger partial charge on any atom is -0.349 e. The number of aromatic amines is 1. The molecule has 0 unspecified atom stereocenters. The van der Waals surface area contributed by atoms with Gasteiger partial charge in [0.2, 0.25) is 5.91 Å². The third-order valence-electron chi connectivity index (χ3n) is 5.96. The highest BCUT2D eigenvalue weighted by Gasteiger charge is 2.31. The predicted molar refractivity (Wildman–Crippen MR) is 125 cm³/mol. The van der Waals surface area contributed by atoms with Gasteiger partial charge in [0.05, 0.1) is 17.0 Å². The summed E-state index contributed by atoms with van der Waals surface area (Å²) in [4.78, 5) is 35.8. The van der Waals surface area contributed by atoms with Crippen LogP contribution < -0.4 is 5.56 Å². The summed E-state index contributed by atoms with van der Waals surface area (Å²) in [5.74, 6) is -0.0345. The molecular weight excluding hydrogens is 465 g/mol. The van der Waals surface area contributed by atoms with Gasteiger partial charge in [-0.2, -0.15) is 13.2 Å². The number of aromatic nitrogens is 3. The number of halogens is 3. The number of nitrogens with zero attached hydrogens (tertiary/aromatic N) is 3. The fourth-order valence-electron chi connectivity index (χ4n) is 4.25. The van der Waals surface area contributed by atoms with E-state index in [9.17, 15) is 22.8 Å². The number of amides is 1. The quantitative estimate of drug-likeness (QED) is 0.326. The number of para-hydroxylation sites is 1. The molecule has 4 aromatic rings. The van der Waals surface area contributed by atoms with Gasteiger partial charge in [-0.1, -0.05) is 36.0 Å². The van der Waals surface area contributed by atoms with Crippen molar-refractivity contribution in [3.8, 4) is 5.69 Å². The van der Waals surface area contributed by atoms with Gasteiger partial charge in [0.15, 0.2) is 5.16 Å². The van der Waals surface area contributed by atoms with E-state index < -0.39 is 17.3 Å². The Balaban J connectivity index is 1.63. The third kappa shape index (κ3) is 4.18. The second-order valence-electron chi connectivity index (χ2n) is 8.21. The van der Waals surface area contributed by atoms with Crippen LogP contribution in [0.5, 0.6) is 0 Å². The normalized spacial score (nSPS) is 14.7. The van der Waals surface area contributed by atoms with E-state index in [0.29, 0.717) is 24.1 Å². The average Bonchev–Trinajstić information content (AvgIpc) is 3.22. The van der Waals surface area contributed by atoms with E-state index in [-0.39, 0.29) is 28.0 Å². The van der Waals surface area contributed by atoms with Gasteiger partial charge < -0.3 is 9.88 Å². The number of benzene rings is 2. The fourth-order valence-corrected chi connectivity index (χ4v) is 5.16. The molecule has 1 amide bonds. The fraction of sp³-hybridized carbons (Fsp3) is 0.292. The zero-order valence-corrected chi connectivity index (χ0v) is 18.9. The van der Waals surface area contributed by atoms with E-state index in [1.807, 2.05) is 18.2 Å². The minimum absolute atomic E-state index is 0.0409. The molecule has 1 fully saturated rings. The summed E-state index contributed by atoms with van der Waals surface area (Å²) < 4.78 is 41.3. The number of carbonyl (C=O) groups excluding carboxylic acids is 1. The molecule has 10 heteroatoms. The van der Waals surface area contributed by atoms with Gasteiger partial charge in [-0.25, -0.2) is 4.98 Å². The van der Waals surface area contributed by atoms with Gasteiger partial charge >= 0.3 is 6.18 Å². The van der Waals surface area contributed by atoms with Gasteiger partial charge in [0.25, 0.3) is 5.56 Å². The molecule has 2 aromatic carbocycles. The average molecular weight is 487 g/mol. The van der Waals surface area contributed by atoms with Crippen LogP contribution in [0.3, 0.4) is 0 Å². The smallest absolute Gasteiger partial charge is 0.349 e. The lowest BCUT2D eigenvalue weighted by Gasteiger charge is -2.26. The van der Waals surface area contributed by atoms with E-state index in [2.05, 4.69) is 9.97 Å². The number of thioether (sulfide) groups is 1. The lowest BCUT2D eigenvalue weighted by molar-refractivity contribution is -0.137. The van der Waals surface area contributed by atoms with Crippen LogP contribution in [-0.4, -0.2) is 44.2 Å². The first kappa shape index (κ1) is 22.5. The van der Waals surface area contributed by atoms with E-state index in [4.69, 9.17) is 0 Å². The van der Waals surface area contributed by atoms with E-state index in [1.165, 1.54) is 12.1 Å². The van der Waals surface area contributed by atoms with E-state index in [1.54, 1.807) is 11.0 Å².